The van der Waals surface area contributed by atoms with Crippen molar-refractivity contribution < 1.29 is 0 Å². The summed E-state index contributed by atoms with van der Waals surface area (Å²) in [6.07, 6.45) is 4.03. The van der Waals surface area contributed by atoms with E-state index in [0.29, 0.717) is 0 Å². The molecule has 0 saturated heterocycles. The van der Waals surface area contributed by atoms with Crippen molar-refractivity contribution in [3.05, 3.63) is 81.9 Å². The Balaban J connectivity index is 2.02. The van der Waals surface area contributed by atoms with Crippen molar-refractivity contribution in [1.29, 1.82) is 0 Å². The van der Waals surface area contributed by atoms with Gasteiger partial charge in [0.15, 0.2) is 0 Å². The highest BCUT2D eigenvalue weighted by Gasteiger charge is 2.01. The standard InChI is InChI=1S/C17H16ClNS2/c1-21-17(11-16(20)14-7-3-2-4-8-14)19-12-13-6-5-9-15(18)10-13/h2-11,19H,12H2,1H3/b17-11+. The summed E-state index contributed by atoms with van der Waals surface area (Å²) in [6.45, 7) is 0.727. The lowest BCUT2D eigenvalue weighted by molar-refractivity contribution is 0.858. The third kappa shape index (κ3) is 5.20. The van der Waals surface area contributed by atoms with E-state index in [1.165, 1.54) is 0 Å². The van der Waals surface area contributed by atoms with Gasteiger partial charge in [-0.1, -0.05) is 66.3 Å². The van der Waals surface area contributed by atoms with Gasteiger partial charge >= 0.3 is 0 Å². The normalized spacial score (nSPS) is 11.2. The number of thiocarbonyl (C=S) groups is 1. The molecule has 0 bridgehead atoms. The van der Waals surface area contributed by atoms with Gasteiger partial charge in [0.2, 0.25) is 0 Å². The Hall–Kier alpha value is -1.29. The molecule has 21 heavy (non-hydrogen) atoms. The summed E-state index contributed by atoms with van der Waals surface area (Å²) >= 11 is 13.1. The van der Waals surface area contributed by atoms with Crippen LogP contribution in [0.2, 0.25) is 5.02 Å². The van der Waals surface area contributed by atoms with Crippen molar-refractivity contribution in [2.24, 2.45) is 0 Å². The van der Waals surface area contributed by atoms with Gasteiger partial charge in [-0.25, -0.2) is 0 Å². The smallest absolute Gasteiger partial charge is 0.0696 e. The largest absolute Gasteiger partial charge is 0.376 e. The molecule has 0 saturated carbocycles. The van der Waals surface area contributed by atoms with Crippen LogP contribution in [0, 0.1) is 0 Å². The number of halogens is 1. The van der Waals surface area contributed by atoms with E-state index in [0.717, 1.165) is 32.6 Å². The van der Waals surface area contributed by atoms with Crippen molar-refractivity contribution in [3.8, 4) is 0 Å². The first-order valence-electron chi connectivity index (χ1n) is 6.52. The fourth-order valence-electron chi connectivity index (χ4n) is 1.82. The third-order valence-electron chi connectivity index (χ3n) is 2.90. The fraction of sp³-hybridized carbons (Fsp3) is 0.118. The highest BCUT2D eigenvalue weighted by molar-refractivity contribution is 8.02. The van der Waals surface area contributed by atoms with Gasteiger partial charge in [0, 0.05) is 16.4 Å². The van der Waals surface area contributed by atoms with Crippen LogP contribution in [0.5, 0.6) is 0 Å². The van der Waals surface area contributed by atoms with Gasteiger partial charge in [-0.3, -0.25) is 0 Å². The molecule has 0 atom stereocenters. The van der Waals surface area contributed by atoms with Crippen LogP contribution in [-0.4, -0.2) is 11.1 Å². The zero-order valence-electron chi connectivity index (χ0n) is 11.7. The molecule has 2 aromatic carbocycles. The number of allylic oxidation sites excluding steroid dienone is 1. The van der Waals surface area contributed by atoms with Crippen LogP contribution in [0.4, 0.5) is 0 Å². The summed E-state index contributed by atoms with van der Waals surface area (Å²) in [7, 11) is 0. The minimum atomic E-state index is 0.727. The maximum Gasteiger partial charge on any atom is 0.0696 e. The lowest BCUT2D eigenvalue weighted by Gasteiger charge is -2.09. The molecule has 108 valence electrons. The van der Waals surface area contributed by atoms with Crippen LogP contribution in [0.3, 0.4) is 0 Å². The summed E-state index contributed by atoms with van der Waals surface area (Å²) in [5.74, 6) is 0. The average molecular weight is 334 g/mol. The molecule has 1 nitrogen and oxygen atoms in total. The number of thioether (sulfide) groups is 1. The first kappa shape index (κ1) is 16.1. The van der Waals surface area contributed by atoms with Crippen LogP contribution in [0.15, 0.2) is 65.7 Å². The minimum absolute atomic E-state index is 0.727. The second kappa shape index (κ2) is 8.23. The van der Waals surface area contributed by atoms with Crippen molar-refractivity contribution in [1.82, 2.24) is 5.32 Å². The monoisotopic (exact) mass is 333 g/mol. The molecule has 0 spiro atoms. The molecule has 0 radical (unpaired) electrons. The topological polar surface area (TPSA) is 12.0 Å². The van der Waals surface area contributed by atoms with Gasteiger partial charge in [0.25, 0.3) is 0 Å². The Labute approximate surface area is 140 Å². The molecule has 2 aromatic rings. The van der Waals surface area contributed by atoms with Gasteiger partial charge in [0.1, 0.15) is 0 Å². The van der Waals surface area contributed by atoms with E-state index >= 15 is 0 Å². The number of hydrogen-bond acceptors (Lipinski definition) is 3. The number of hydrogen-bond donors (Lipinski definition) is 1. The predicted octanol–water partition coefficient (Wildman–Crippen LogP) is 5.05. The lowest BCUT2D eigenvalue weighted by atomic mass is 10.1. The fourth-order valence-corrected chi connectivity index (χ4v) is 2.82. The molecule has 0 aliphatic rings. The Morgan fingerprint density at radius 1 is 1.19 bits per heavy atom. The molecule has 0 aromatic heterocycles. The van der Waals surface area contributed by atoms with E-state index in [1.807, 2.05) is 66.9 Å². The van der Waals surface area contributed by atoms with Gasteiger partial charge in [0.05, 0.1) is 5.03 Å². The molecule has 0 fully saturated rings. The lowest BCUT2D eigenvalue weighted by Crippen LogP contribution is -2.11. The maximum absolute atomic E-state index is 5.99. The Morgan fingerprint density at radius 3 is 2.62 bits per heavy atom. The van der Waals surface area contributed by atoms with Crippen LogP contribution in [-0.2, 0) is 6.54 Å². The van der Waals surface area contributed by atoms with E-state index in [1.54, 1.807) is 11.8 Å². The zero-order chi connectivity index (χ0) is 15.1. The third-order valence-corrected chi connectivity index (χ3v) is 4.19. The Kier molecular flexibility index (Phi) is 6.30. The molecule has 4 heteroatoms. The first-order valence-corrected chi connectivity index (χ1v) is 8.53. The average Bonchev–Trinajstić information content (AvgIpc) is 2.52. The quantitative estimate of drug-likeness (QED) is 0.451. The SMILES string of the molecule is CS/C(=C/C(=S)c1ccccc1)NCc1cccc(Cl)c1. The van der Waals surface area contributed by atoms with E-state index in [9.17, 15) is 0 Å². The summed E-state index contributed by atoms with van der Waals surface area (Å²) in [4.78, 5) is 0.832. The molecule has 2 rings (SSSR count). The molecule has 1 N–H and O–H groups in total. The molecule has 0 aliphatic carbocycles. The van der Waals surface area contributed by atoms with Crippen LogP contribution >= 0.6 is 35.6 Å². The second-order valence-corrected chi connectivity index (χ2v) is 6.15. The van der Waals surface area contributed by atoms with E-state index < -0.39 is 0 Å². The van der Waals surface area contributed by atoms with Gasteiger partial charge in [-0.2, -0.15) is 0 Å². The second-order valence-electron chi connectivity index (χ2n) is 4.43. The highest BCUT2D eigenvalue weighted by atomic mass is 35.5. The zero-order valence-corrected chi connectivity index (χ0v) is 14.1. The van der Waals surface area contributed by atoms with Crippen LogP contribution in [0.1, 0.15) is 11.1 Å². The molecular formula is C17H16ClNS2. The first-order chi connectivity index (χ1) is 10.2. The number of nitrogens with one attached hydrogen (secondary N) is 1. The summed E-state index contributed by atoms with van der Waals surface area (Å²) < 4.78 is 0. The summed E-state index contributed by atoms with van der Waals surface area (Å²) in [5.41, 5.74) is 2.21. The summed E-state index contributed by atoms with van der Waals surface area (Å²) in [6, 6.07) is 17.9. The van der Waals surface area contributed by atoms with Crippen molar-refractivity contribution >= 4 is 40.4 Å². The molecule has 0 unspecified atom stereocenters. The maximum atomic E-state index is 5.99. The summed E-state index contributed by atoms with van der Waals surface area (Å²) in [5, 5.41) is 5.19. The van der Waals surface area contributed by atoms with E-state index in [4.69, 9.17) is 23.8 Å². The van der Waals surface area contributed by atoms with Crippen molar-refractivity contribution in [3.63, 3.8) is 0 Å². The molecule has 0 aliphatic heterocycles. The van der Waals surface area contributed by atoms with E-state index in [-0.39, 0.29) is 0 Å². The number of rotatable bonds is 6. The van der Waals surface area contributed by atoms with Crippen LogP contribution < -0.4 is 5.32 Å². The Morgan fingerprint density at radius 2 is 1.95 bits per heavy atom. The van der Waals surface area contributed by atoms with Crippen molar-refractivity contribution in [2.75, 3.05) is 6.26 Å². The molecule has 0 amide bonds. The van der Waals surface area contributed by atoms with E-state index in [2.05, 4.69) is 5.32 Å². The van der Waals surface area contributed by atoms with Crippen molar-refractivity contribution in [2.45, 2.75) is 6.54 Å². The van der Waals surface area contributed by atoms with Crippen LogP contribution in [0.25, 0.3) is 0 Å². The Bertz CT molecular complexity index is 638. The molecular weight excluding hydrogens is 318 g/mol. The number of benzene rings is 2. The predicted molar refractivity (Wildman–Crippen MR) is 98.0 cm³/mol. The highest BCUT2D eigenvalue weighted by Crippen LogP contribution is 2.14. The van der Waals surface area contributed by atoms with Gasteiger partial charge in [-0.05, 0) is 35.6 Å². The van der Waals surface area contributed by atoms with Gasteiger partial charge in [-0.15, -0.1) is 11.8 Å². The minimum Gasteiger partial charge on any atom is -0.376 e. The van der Waals surface area contributed by atoms with Gasteiger partial charge < -0.3 is 5.32 Å². The molecule has 0 heterocycles.